The lowest BCUT2D eigenvalue weighted by Gasteiger charge is -2.15. The van der Waals surface area contributed by atoms with Crippen LogP contribution in [-0.2, 0) is 6.54 Å². The number of amides is 2. The summed E-state index contributed by atoms with van der Waals surface area (Å²) in [4.78, 5) is 47.9. The smallest absolute Gasteiger partial charge is 0.347 e. The zero-order valence-corrected chi connectivity index (χ0v) is 23.7. The molecule has 0 aliphatic heterocycles. The standard InChI is InChI=1S/C28H33N7O4S/c1-5-21-19(12-17(3)25-33-28(38)39-34-25)10-11-22(21)32-27(37)24-14-23(30-16-31-24)26(36)29-15-18-8-7-9-20(13-18)35-40(4)6-2/h5-9,12-14,16-17,22,35H,10-11,15H2,1-4H3,(H,29,36)(H,32,37)(H,33,34,38)/b19-12-,21-5+/t17?,22-,40?/m0/s1. The third-order valence-electron chi connectivity index (χ3n) is 6.55. The van der Waals surface area contributed by atoms with Crippen molar-refractivity contribution in [2.24, 2.45) is 0 Å². The van der Waals surface area contributed by atoms with E-state index in [0.717, 1.165) is 28.8 Å². The maximum absolute atomic E-state index is 13.1. The van der Waals surface area contributed by atoms with Crippen molar-refractivity contribution >= 4 is 33.5 Å². The second-order valence-electron chi connectivity index (χ2n) is 9.34. The Morgan fingerprint density at radius 1 is 1.20 bits per heavy atom. The zero-order valence-electron chi connectivity index (χ0n) is 22.9. The van der Waals surface area contributed by atoms with E-state index in [9.17, 15) is 14.4 Å². The highest BCUT2D eigenvalue weighted by Gasteiger charge is 2.28. The molecule has 0 spiro atoms. The Hall–Kier alpha value is -4.32. The number of aromatic amines is 1. The van der Waals surface area contributed by atoms with Crippen LogP contribution in [-0.4, -0.2) is 49.6 Å². The Balaban J connectivity index is 1.38. The molecule has 0 bridgehead atoms. The van der Waals surface area contributed by atoms with Gasteiger partial charge in [-0.25, -0.2) is 14.8 Å². The molecule has 1 aliphatic carbocycles. The number of hydrogen-bond donors (Lipinski definition) is 4. The van der Waals surface area contributed by atoms with E-state index in [2.05, 4.69) is 51.6 Å². The van der Waals surface area contributed by atoms with Crippen LogP contribution in [0.1, 0.15) is 71.9 Å². The number of hydrogen-bond acceptors (Lipinski definition) is 8. The van der Waals surface area contributed by atoms with Crippen LogP contribution in [0.4, 0.5) is 5.69 Å². The summed E-state index contributed by atoms with van der Waals surface area (Å²) in [5.41, 5.74) is 4.18. The van der Waals surface area contributed by atoms with E-state index in [4.69, 9.17) is 0 Å². The molecule has 0 radical (unpaired) electrons. The molecule has 2 heterocycles. The van der Waals surface area contributed by atoms with Crippen molar-refractivity contribution in [2.45, 2.75) is 52.1 Å². The van der Waals surface area contributed by atoms with Crippen LogP contribution in [0.5, 0.6) is 0 Å². The molecule has 2 aromatic heterocycles. The fourth-order valence-corrected chi connectivity index (χ4v) is 5.07. The van der Waals surface area contributed by atoms with Gasteiger partial charge in [0.15, 0.2) is 5.82 Å². The van der Waals surface area contributed by atoms with E-state index < -0.39 is 17.6 Å². The quantitative estimate of drug-likeness (QED) is 0.287. The summed E-state index contributed by atoms with van der Waals surface area (Å²) in [6.07, 6.45) is 8.74. The Morgan fingerprint density at radius 3 is 2.67 bits per heavy atom. The van der Waals surface area contributed by atoms with Crippen LogP contribution in [0.2, 0.25) is 0 Å². The van der Waals surface area contributed by atoms with Gasteiger partial charge in [0.1, 0.15) is 17.7 Å². The van der Waals surface area contributed by atoms with Crippen LogP contribution in [0, 0.1) is 0 Å². The lowest BCUT2D eigenvalue weighted by atomic mass is 10.0. The normalized spacial score (nSPS) is 18.6. The fourth-order valence-electron chi connectivity index (χ4n) is 4.46. The van der Waals surface area contributed by atoms with Crippen LogP contribution >= 0.6 is 10.7 Å². The second kappa shape index (κ2) is 13.2. The number of allylic oxidation sites excluding steroid dienone is 2. The molecule has 4 rings (SSSR count). The van der Waals surface area contributed by atoms with Gasteiger partial charge in [-0.3, -0.25) is 19.1 Å². The number of aromatic nitrogens is 4. The van der Waals surface area contributed by atoms with Crippen molar-refractivity contribution in [1.82, 2.24) is 30.7 Å². The van der Waals surface area contributed by atoms with E-state index in [-0.39, 0.29) is 34.0 Å². The van der Waals surface area contributed by atoms with Gasteiger partial charge in [0.25, 0.3) is 11.8 Å². The van der Waals surface area contributed by atoms with Crippen molar-refractivity contribution in [3.05, 3.63) is 93.3 Å². The summed E-state index contributed by atoms with van der Waals surface area (Å²) in [7, 11) is -0.0445. The molecule has 210 valence electrons. The number of nitrogens with zero attached hydrogens (tertiary/aromatic N) is 3. The van der Waals surface area contributed by atoms with Gasteiger partial charge in [-0.05, 0) is 67.2 Å². The molecule has 4 N–H and O–H groups in total. The van der Waals surface area contributed by atoms with Gasteiger partial charge in [-0.1, -0.05) is 36.4 Å². The molecule has 1 fully saturated rings. The van der Waals surface area contributed by atoms with Crippen molar-refractivity contribution in [3.8, 4) is 0 Å². The Bertz CT molecular complexity index is 1540. The molecule has 3 atom stereocenters. The van der Waals surface area contributed by atoms with Crippen molar-refractivity contribution in [1.29, 1.82) is 0 Å². The molecular weight excluding hydrogens is 530 g/mol. The predicted octanol–water partition coefficient (Wildman–Crippen LogP) is 3.70. The van der Waals surface area contributed by atoms with Gasteiger partial charge in [0.2, 0.25) is 0 Å². The second-order valence-corrected chi connectivity index (χ2v) is 11.1. The Labute approximate surface area is 234 Å². The minimum atomic E-state index is -0.594. The van der Waals surface area contributed by atoms with Crippen molar-refractivity contribution in [2.75, 3.05) is 11.0 Å². The van der Waals surface area contributed by atoms with E-state index in [1.807, 2.05) is 57.2 Å². The van der Waals surface area contributed by atoms with E-state index in [0.29, 0.717) is 18.8 Å². The highest BCUT2D eigenvalue weighted by atomic mass is 32.2. The lowest BCUT2D eigenvalue weighted by molar-refractivity contribution is 0.0938. The molecule has 2 amide bonds. The topological polar surface area (TPSA) is 155 Å². The zero-order chi connectivity index (χ0) is 28.6. The number of carbonyl (C=O) groups excluding carboxylic acids is 2. The highest BCUT2D eigenvalue weighted by molar-refractivity contribution is 8.15. The number of carbonyl (C=O) groups is 2. The van der Waals surface area contributed by atoms with Crippen LogP contribution in [0.25, 0.3) is 0 Å². The summed E-state index contributed by atoms with van der Waals surface area (Å²) in [5.74, 6) is -1.10. The lowest BCUT2D eigenvalue weighted by Crippen LogP contribution is -2.35. The number of H-pyrrole nitrogens is 1. The minimum absolute atomic E-state index is 0.0445. The molecule has 2 unspecified atom stereocenters. The molecule has 12 heteroatoms. The largest absolute Gasteiger partial charge is 0.438 e. The summed E-state index contributed by atoms with van der Waals surface area (Å²) in [6, 6.07) is 9.02. The molecule has 0 saturated heterocycles. The van der Waals surface area contributed by atoms with Gasteiger partial charge in [0.05, 0.1) is 6.04 Å². The molecule has 1 aromatic carbocycles. The van der Waals surface area contributed by atoms with Gasteiger partial charge < -0.3 is 15.4 Å². The van der Waals surface area contributed by atoms with Crippen LogP contribution in [0.3, 0.4) is 0 Å². The first-order valence-corrected chi connectivity index (χ1v) is 14.6. The third kappa shape index (κ3) is 7.20. The Kier molecular flexibility index (Phi) is 9.43. The summed E-state index contributed by atoms with van der Waals surface area (Å²) in [5, 5.41) is 11.7. The number of rotatable bonds is 9. The van der Waals surface area contributed by atoms with Crippen LogP contribution in [0.15, 0.2) is 69.3 Å². The van der Waals surface area contributed by atoms with Gasteiger partial charge in [0, 0.05) is 24.2 Å². The number of nitrogens with one attached hydrogen (secondary N) is 4. The highest BCUT2D eigenvalue weighted by Crippen LogP contribution is 2.33. The first-order valence-electron chi connectivity index (χ1n) is 12.9. The summed E-state index contributed by atoms with van der Waals surface area (Å²) >= 11 is 0. The molecule has 1 aliphatic rings. The molecule has 1 saturated carbocycles. The van der Waals surface area contributed by atoms with Crippen molar-refractivity contribution < 1.29 is 14.1 Å². The molecule has 3 aromatic rings. The summed E-state index contributed by atoms with van der Waals surface area (Å²) in [6.45, 7) is 6.15. The minimum Gasteiger partial charge on any atom is -0.347 e. The third-order valence-corrected chi connectivity index (χ3v) is 7.81. The Morgan fingerprint density at radius 2 is 1.98 bits per heavy atom. The molecule has 11 nitrogen and oxygen atoms in total. The predicted molar refractivity (Wildman–Crippen MR) is 156 cm³/mol. The molecule has 40 heavy (non-hydrogen) atoms. The van der Waals surface area contributed by atoms with E-state index in [1.165, 1.54) is 12.4 Å². The SMILES string of the molecule is CC=S(C)Nc1cccc(CNC(=O)c2cc(C(=O)N[C@H]3CCC(=C/C(C)c4noc(=O)[nH]4)/C3=C\C)ncn2)c1. The first-order chi connectivity index (χ1) is 19.3. The van der Waals surface area contributed by atoms with E-state index >= 15 is 0 Å². The number of benzene rings is 1. The summed E-state index contributed by atoms with van der Waals surface area (Å²) < 4.78 is 8.00. The van der Waals surface area contributed by atoms with Gasteiger partial charge >= 0.3 is 5.76 Å². The number of anilines is 1. The first kappa shape index (κ1) is 28.7. The van der Waals surface area contributed by atoms with Crippen molar-refractivity contribution in [3.63, 3.8) is 0 Å². The fraction of sp³-hybridized carbons (Fsp3) is 0.321. The van der Waals surface area contributed by atoms with E-state index in [1.54, 1.807) is 0 Å². The molecular formula is C28H33N7O4S. The van der Waals surface area contributed by atoms with Gasteiger partial charge in [-0.15, -0.1) is 10.7 Å². The maximum Gasteiger partial charge on any atom is 0.438 e. The van der Waals surface area contributed by atoms with Gasteiger partial charge in [-0.2, -0.15) is 0 Å². The van der Waals surface area contributed by atoms with Crippen LogP contribution < -0.4 is 21.1 Å². The maximum atomic E-state index is 13.1. The average molecular weight is 564 g/mol. The monoisotopic (exact) mass is 563 g/mol. The average Bonchev–Trinajstić information content (AvgIpc) is 3.57.